The van der Waals surface area contributed by atoms with Crippen molar-refractivity contribution < 1.29 is 5.11 Å². The van der Waals surface area contributed by atoms with Gasteiger partial charge in [-0.2, -0.15) is 0 Å². The lowest BCUT2D eigenvalue weighted by Crippen LogP contribution is -2.20. The van der Waals surface area contributed by atoms with E-state index in [0.717, 1.165) is 35.1 Å². The van der Waals surface area contributed by atoms with Gasteiger partial charge in [-0.1, -0.05) is 24.3 Å². The molecule has 2 aromatic rings. The molecule has 1 aromatic carbocycles. The molecule has 0 saturated carbocycles. The van der Waals surface area contributed by atoms with E-state index >= 15 is 0 Å². The molecule has 0 amide bonds. The molecule has 2 nitrogen and oxygen atoms in total. The molecule has 1 atom stereocenters. The topological polar surface area (TPSA) is 23.5 Å². The van der Waals surface area contributed by atoms with Gasteiger partial charge in [0.15, 0.2) is 0 Å². The summed E-state index contributed by atoms with van der Waals surface area (Å²) in [5, 5.41) is 12.4. The number of aliphatic hydroxyl groups is 1. The Morgan fingerprint density at radius 3 is 2.75 bits per heavy atom. The monoisotopic (exact) mass is 353 g/mol. The minimum atomic E-state index is -0.381. The number of hydrogen-bond acceptors (Lipinski definition) is 3. The number of thiophene rings is 1. The van der Waals surface area contributed by atoms with Crippen LogP contribution in [0.3, 0.4) is 0 Å². The maximum Gasteiger partial charge on any atom is 0.0804 e. The van der Waals surface area contributed by atoms with E-state index in [-0.39, 0.29) is 6.10 Å². The first-order chi connectivity index (χ1) is 9.56. The third-order valence-electron chi connectivity index (χ3n) is 3.38. The molecular weight excluding hydrogens is 334 g/mol. The first kappa shape index (κ1) is 15.7. The molecular formula is C16H20BrNOS. The van der Waals surface area contributed by atoms with Crippen molar-refractivity contribution in [2.45, 2.75) is 26.0 Å². The highest BCUT2D eigenvalue weighted by Gasteiger charge is 2.11. The Balaban J connectivity index is 1.84. The molecule has 0 bridgehead atoms. The van der Waals surface area contributed by atoms with Crippen molar-refractivity contribution in [3.8, 4) is 0 Å². The fraction of sp³-hybridized carbons (Fsp3) is 0.375. The van der Waals surface area contributed by atoms with Crippen molar-refractivity contribution in [2.75, 3.05) is 13.6 Å². The highest BCUT2D eigenvalue weighted by Crippen LogP contribution is 2.23. The highest BCUT2D eigenvalue weighted by molar-refractivity contribution is 9.10. The van der Waals surface area contributed by atoms with Crippen LogP contribution in [0.15, 0.2) is 40.2 Å². The van der Waals surface area contributed by atoms with Crippen LogP contribution in [-0.4, -0.2) is 23.6 Å². The number of aliphatic hydroxyl groups excluding tert-OH is 1. The average molecular weight is 354 g/mol. The van der Waals surface area contributed by atoms with E-state index in [1.807, 2.05) is 31.2 Å². The number of rotatable bonds is 6. The summed E-state index contributed by atoms with van der Waals surface area (Å²) in [5.74, 6) is 0. The summed E-state index contributed by atoms with van der Waals surface area (Å²) in [7, 11) is 2.10. The molecule has 2 rings (SSSR count). The molecule has 20 heavy (non-hydrogen) atoms. The summed E-state index contributed by atoms with van der Waals surface area (Å²) >= 11 is 5.23. The largest absolute Gasteiger partial charge is 0.388 e. The van der Waals surface area contributed by atoms with E-state index in [4.69, 9.17) is 0 Å². The minimum absolute atomic E-state index is 0.381. The van der Waals surface area contributed by atoms with E-state index in [2.05, 4.69) is 39.3 Å². The summed E-state index contributed by atoms with van der Waals surface area (Å²) in [5.41, 5.74) is 2.20. The highest BCUT2D eigenvalue weighted by atomic mass is 79.9. The lowest BCUT2D eigenvalue weighted by atomic mass is 10.0. The van der Waals surface area contributed by atoms with Gasteiger partial charge in [0, 0.05) is 27.8 Å². The molecule has 1 N–H and O–H groups in total. The Morgan fingerprint density at radius 1 is 1.35 bits per heavy atom. The average Bonchev–Trinajstić information content (AvgIpc) is 2.82. The molecule has 108 valence electrons. The summed E-state index contributed by atoms with van der Waals surface area (Å²) in [6, 6.07) is 10.2. The molecule has 0 fully saturated rings. The fourth-order valence-electron chi connectivity index (χ4n) is 2.24. The zero-order valence-corrected chi connectivity index (χ0v) is 14.2. The molecule has 0 radical (unpaired) electrons. The maximum absolute atomic E-state index is 10.3. The summed E-state index contributed by atoms with van der Waals surface area (Å²) in [6.45, 7) is 3.85. The predicted octanol–water partition coefficient (Wildman–Crippen LogP) is 4.37. The maximum atomic E-state index is 10.3. The summed E-state index contributed by atoms with van der Waals surface area (Å²) in [4.78, 5) is 3.59. The standard InChI is InChI=1S/C16H20BrNOS/c1-12-5-3-4-6-15(12)16(19)7-8-18(2)10-14-9-13(17)11-20-14/h3-6,9,11,16,19H,7-8,10H2,1-2H3. The number of aryl methyl sites for hydroxylation is 1. The van der Waals surface area contributed by atoms with E-state index in [1.54, 1.807) is 11.3 Å². The minimum Gasteiger partial charge on any atom is -0.388 e. The third-order valence-corrected chi connectivity index (χ3v) is 5.06. The van der Waals surface area contributed by atoms with Gasteiger partial charge >= 0.3 is 0 Å². The number of hydrogen-bond donors (Lipinski definition) is 1. The van der Waals surface area contributed by atoms with Gasteiger partial charge in [0.1, 0.15) is 0 Å². The van der Waals surface area contributed by atoms with Gasteiger partial charge in [0.05, 0.1) is 6.10 Å². The summed E-state index contributed by atoms with van der Waals surface area (Å²) in [6.07, 6.45) is 0.377. The molecule has 0 aliphatic rings. The second-order valence-electron chi connectivity index (χ2n) is 5.13. The van der Waals surface area contributed by atoms with Gasteiger partial charge in [-0.05, 0) is 53.5 Å². The first-order valence-corrected chi connectivity index (χ1v) is 8.38. The van der Waals surface area contributed by atoms with Gasteiger partial charge in [0.2, 0.25) is 0 Å². The smallest absolute Gasteiger partial charge is 0.0804 e. The molecule has 1 unspecified atom stereocenters. The van der Waals surface area contributed by atoms with E-state index in [0.29, 0.717) is 0 Å². The Kier molecular flexibility index (Phi) is 5.78. The Bertz CT molecular complexity index is 555. The van der Waals surface area contributed by atoms with Gasteiger partial charge < -0.3 is 10.0 Å². The predicted molar refractivity (Wildman–Crippen MR) is 89.1 cm³/mol. The van der Waals surface area contributed by atoms with E-state index < -0.39 is 0 Å². The van der Waals surface area contributed by atoms with Crippen LogP contribution >= 0.6 is 27.3 Å². The van der Waals surface area contributed by atoms with E-state index in [1.165, 1.54) is 4.88 Å². The van der Waals surface area contributed by atoms with Crippen molar-refractivity contribution in [3.63, 3.8) is 0 Å². The lowest BCUT2D eigenvalue weighted by Gasteiger charge is -2.19. The number of halogens is 1. The van der Waals surface area contributed by atoms with Crippen molar-refractivity contribution >= 4 is 27.3 Å². The van der Waals surface area contributed by atoms with Gasteiger partial charge in [-0.25, -0.2) is 0 Å². The quantitative estimate of drug-likeness (QED) is 0.833. The normalized spacial score (nSPS) is 12.8. The molecule has 0 spiro atoms. The van der Waals surface area contributed by atoms with Crippen LogP contribution in [0.2, 0.25) is 0 Å². The molecule has 1 heterocycles. The Hall–Kier alpha value is -0.680. The SMILES string of the molecule is Cc1ccccc1C(O)CCN(C)Cc1cc(Br)cs1. The number of benzene rings is 1. The lowest BCUT2D eigenvalue weighted by molar-refractivity contribution is 0.147. The van der Waals surface area contributed by atoms with Crippen LogP contribution in [0.4, 0.5) is 0 Å². The van der Waals surface area contributed by atoms with Crippen molar-refractivity contribution in [2.24, 2.45) is 0 Å². The van der Waals surface area contributed by atoms with Crippen molar-refractivity contribution in [1.29, 1.82) is 0 Å². The van der Waals surface area contributed by atoms with Gasteiger partial charge in [-0.15, -0.1) is 11.3 Å². The zero-order chi connectivity index (χ0) is 14.5. The molecule has 0 saturated heterocycles. The third kappa shape index (κ3) is 4.42. The van der Waals surface area contributed by atoms with Crippen LogP contribution in [0.1, 0.15) is 28.5 Å². The zero-order valence-electron chi connectivity index (χ0n) is 11.8. The van der Waals surface area contributed by atoms with Crippen LogP contribution in [0.25, 0.3) is 0 Å². The van der Waals surface area contributed by atoms with Gasteiger partial charge in [0.25, 0.3) is 0 Å². The molecule has 0 aliphatic carbocycles. The van der Waals surface area contributed by atoms with Crippen molar-refractivity contribution in [1.82, 2.24) is 4.90 Å². The fourth-order valence-corrected chi connectivity index (χ4v) is 3.77. The Morgan fingerprint density at radius 2 is 2.10 bits per heavy atom. The molecule has 1 aromatic heterocycles. The Labute approximate surface area is 133 Å². The van der Waals surface area contributed by atoms with Crippen LogP contribution in [0, 0.1) is 6.92 Å². The molecule has 0 aliphatic heterocycles. The summed E-state index contributed by atoms with van der Waals surface area (Å²) < 4.78 is 1.14. The van der Waals surface area contributed by atoms with Crippen molar-refractivity contribution in [3.05, 3.63) is 56.2 Å². The van der Waals surface area contributed by atoms with Crippen LogP contribution in [0.5, 0.6) is 0 Å². The van der Waals surface area contributed by atoms with Gasteiger partial charge in [-0.3, -0.25) is 0 Å². The first-order valence-electron chi connectivity index (χ1n) is 6.71. The second kappa shape index (κ2) is 7.36. The number of nitrogens with zero attached hydrogens (tertiary/aromatic N) is 1. The van der Waals surface area contributed by atoms with Crippen LogP contribution in [-0.2, 0) is 6.54 Å². The van der Waals surface area contributed by atoms with Crippen LogP contribution < -0.4 is 0 Å². The second-order valence-corrected chi connectivity index (χ2v) is 7.04. The molecule has 4 heteroatoms. The van der Waals surface area contributed by atoms with E-state index in [9.17, 15) is 5.11 Å².